The van der Waals surface area contributed by atoms with Crippen molar-refractivity contribution in [3.05, 3.63) is 0 Å². The van der Waals surface area contributed by atoms with Crippen LogP contribution in [0.25, 0.3) is 0 Å². The van der Waals surface area contributed by atoms with Crippen molar-refractivity contribution in [3.8, 4) is 0 Å². The molecule has 0 aliphatic carbocycles. The molecule has 3 amide bonds. The van der Waals surface area contributed by atoms with E-state index in [1.807, 2.05) is 19.2 Å². The first kappa shape index (κ1) is 10.9. The maximum absolute atomic E-state index is 11.0. The maximum atomic E-state index is 11.0. The van der Waals surface area contributed by atoms with Crippen LogP contribution in [0.4, 0.5) is 4.79 Å². The highest BCUT2D eigenvalue weighted by Gasteiger charge is 2.15. The van der Waals surface area contributed by atoms with E-state index in [0.717, 1.165) is 0 Å². The summed E-state index contributed by atoms with van der Waals surface area (Å²) in [7, 11) is 0. The average molecular weight is 173 g/mol. The fraction of sp³-hybridized carbons (Fsp3) is 0.714. The van der Waals surface area contributed by atoms with Crippen LogP contribution in [0.1, 0.15) is 20.3 Å². The predicted molar refractivity (Wildman–Crippen MR) is 45.2 cm³/mol. The third-order valence-electron chi connectivity index (χ3n) is 1.31. The minimum atomic E-state index is -0.862. The molecular formula is C7H15N3O2. The van der Waals surface area contributed by atoms with Gasteiger partial charge >= 0.3 is 6.03 Å². The third-order valence-corrected chi connectivity index (χ3v) is 1.31. The van der Waals surface area contributed by atoms with Crippen molar-refractivity contribution in [1.29, 1.82) is 0 Å². The zero-order chi connectivity index (χ0) is 9.72. The number of imide groups is 1. The minimum absolute atomic E-state index is 0.318. The van der Waals surface area contributed by atoms with Gasteiger partial charge in [-0.3, -0.25) is 10.1 Å². The van der Waals surface area contributed by atoms with Crippen LogP contribution in [0.5, 0.6) is 0 Å². The van der Waals surface area contributed by atoms with Crippen molar-refractivity contribution in [2.24, 2.45) is 17.4 Å². The normalized spacial score (nSPS) is 12.7. The Morgan fingerprint density at radius 3 is 2.25 bits per heavy atom. The Morgan fingerprint density at radius 2 is 1.92 bits per heavy atom. The van der Waals surface area contributed by atoms with Gasteiger partial charge in [0.1, 0.15) is 0 Å². The van der Waals surface area contributed by atoms with Crippen LogP contribution in [0.15, 0.2) is 0 Å². The fourth-order valence-electron chi connectivity index (χ4n) is 0.829. The molecule has 5 N–H and O–H groups in total. The highest BCUT2D eigenvalue weighted by molar-refractivity contribution is 5.96. The van der Waals surface area contributed by atoms with Crippen LogP contribution in [0, 0.1) is 5.92 Å². The molecule has 0 spiro atoms. The van der Waals surface area contributed by atoms with E-state index >= 15 is 0 Å². The lowest BCUT2D eigenvalue weighted by atomic mass is 10.0. The van der Waals surface area contributed by atoms with Gasteiger partial charge in [0, 0.05) is 0 Å². The summed E-state index contributed by atoms with van der Waals surface area (Å²) in [6.45, 7) is 3.88. The van der Waals surface area contributed by atoms with E-state index in [1.165, 1.54) is 0 Å². The lowest BCUT2D eigenvalue weighted by Crippen LogP contribution is -2.46. The Kier molecular flexibility index (Phi) is 4.28. The molecule has 0 bridgehead atoms. The van der Waals surface area contributed by atoms with Gasteiger partial charge in [-0.15, -0.1) is 0 Å². The molecule has 0 aliphatic rings. The fourth-order valence-corrected chi connectivity index (χ4v) is 0.829. The Balaban J connectivity index is 3.85. The Bertz CT molecular complexity index is 179. The summed E-state index contributed by atoms with van der Waals surface area (Å²) in [6.07, 6.45) is 0.541. The third kappa shape index (κ3) is 4.68. The zero-order valence-electron chi connectivity index (χ0n) is 7.33. The lowest BCUT2D eigenvalue weighted by Gasteiger charge is -2.11. The smallest absolute Gasteiger partial charge is 0.318 e. The molecule has 0 aliphatic heterocycles. The largest absolute Gasteiger partial charge is 0.351 e. The van der Waals surface area contributed by atoms with Crippen molar-refractivity contribution in [2.45, 2.75) is 26.3 Å². The minimum Gasteiger partial charge on any atom is -0.351 e. The number of carbonyl (C=O) groups is 2. The summed E-state index contributed by atoms with van der Waals surface area (Å²) in [5, 5.41) is 1.92. The van der Waals surface area contributed by atoms with Gasteiger partial charge in [0.2, 0.25) is 5.91 Å². The first-order chi connectivity index (χ1) is 5.43. The second kappa shape index (κ2) is 4.71. The molecule has 1 atom stereocenters. The van der Waals surface area contributed by atoms with E-state index in [4.69, 9.17) is 11.5 Å². The molecule has 0 aromatic rings. The van der Waals surface area contributed by atoms with Crippen LogP contribution >= 0.6 is 0 Å². The summed E-state index contributed by atoms with van der Waals surface area (Å²) in [5.74, 6) is -0.199. The van der Waals surface area contributed by atoms with Crippen molar-refractivity contribution in [1.82, 2.24) is 5.32 Å². The highest BCUT2D eigenvalue weighted by atomic mass is 16.2. The second-order valence-electron chi connectivity index (χ2n) is 3.09. The Morgan fingerprint density at radius 1 is 1.42 bits per heavy atom. The average Bonchev–Trinajstić information content (AvgIpc) is 1.84. The van der Waals surface area contributed by atoms with Crippen LogP contribution in [0.3, 0.4) is 0 Å². The molecule has 0 aromatic carbocycles. The van der Waals surface area contributed by atoms with Crippen molar-refractivity contribution in [3.63, 3.8) is 0 Å². The number of amides is 3. The number of nitrogens with one attached hydrogen (secondary N) is 1. The Labute approximate surface area is 71.5 Å². The molecule has 0 rings (SSSR count). The van der Waals surface area contributed by atoms with E-state index < -0.39 is 18.0 Å². The number of hydrogen-bond donors (Lipinski definition) is 3. The maximum Gasteiger partial charge on any atom is 0.318 e. The van der Waals surface area contributed by atoms with Gasteiger partial charge in [0.15, 0.2) is 0 Å². The molecular weight excluding hydrogens is 158 g/mol. The lowest BCUT2D eigenvalue weighted by molar-refractivity contribution is -0.121. The summed E-state index contributed by atoms with van der Waals surface area (Å²) in [6, 6.07) is -1.52. The standard InChI is InChI=1S/C7H15N3O2/c1-4(2)3-5(8)6(11)10-7(9)12/h4-5H,3,8H2,1-2H3,(H3,9,10,11,12). The van der Waals surface area contributed by atoms with Crippen molar-refractivity contribution < 1.29 is 9.59 Å². The van der Waals surface area contributed by atoms with Crippen LogP contribution in [-0.2, 0) is 4.79 Å². The number of nitrogens with two attached hydrogens (primary N) is 2. The molecule has 0 fully saturated rings. The van der Waals surface area contributed by atoms with Gasteiger partial charge < -0.3 is 11.5 Å². The first-order valence-corrected chi connectivity index (χ1v) is 3.79. The molecule has 5 nitrogen and oxygen atoms in total. The molecule has 0 saturated heterocycles. The van der Waals surface area contributed by atoms with Gasteiger partial charge in [0.25, 0.3) is 0 Å². The summed E-state index contributed by atoms with van der Waals surface area (Å²) < 4.78 is 0. The molecule has 70 valence electrons. The molecule has 0 saturated carbocycles. The van der Waals surface area contributed by atoms with E-state index in [-0.39, 0.29) is 0 Å². The summed E-state index contributed by atoms with van der Waals surface area (Å²) in [4.78, 5) is 21.2. The number of urea groups is 1. The quantitative estimate of drug-likeness (QED) is 0.539. The zero-order valence-corrected chi connectivity index (χ0v) is 7.33. The van der Waals surface area contributed by atoms with Gasteiger partial charge in [-0.25, -0.2) is 4.79 Å². The summed E-state index contributed by atoms with van der Waals surface area (Å²) >= 11 is 0. The van der Waals surface area contributed by atoms with Crippen LogP contribution < -0.4 is 16.8 Å². The van der Waals surface area contributed by atoms with E-state index in [9.17, 15) is 9.59 Å². The van der Waals surface area contributed by atoms with Gasteiger partial charge in [0.05, 0.1) is 6.04 Å². The van der Waals surface area contributed by atoms with Gasteiger partial charge in [-0.1, -0.05) is 13.8 Å². The first-order valence-electron chi connectivity index (χ1n) is 3.79. The van der Waals surface area contributed by atoms with E-state index in [1.54, 1.807) is 0 Å². The van der Waals surface area contributed by atoms with E-state index in [0.29, 0.717) is 12.3 Å². The predicted octanol–water partition coefficient (Wildman–Crippen LogP) is -0.445. The van der Waals surface area contributed by atoms with E-state index in [2.05, 4.69) is 0 Å². The number of hydrogen-bond acceptors (Lipinski definition) is 3. The summed E-state index contributed by atoms with van der Waals surface area (Å²) in [5.41, 5.74) is 10.2. The second-order valence-corrected chi connectivity index (χ2v) is 3.09. The molecule has 1 unspecified atom stereocenters. The van der Waals surface area contributed by atoms with Gasteiger partial charge in [-0.2, -0.15) is 0 Å². The molecule has 0 radical (unpaired) electrons. The Hall–Kier alpha value is -1.10. The molecule has 12 heavy (non-hydrogen) atoms. The molecule has 5 heteroatoms. The topological polar surface area (TPSA) is 98.2 Å². The van der Waals surface area contributed by atoms with Crippen LogP contribution in [0.2, 0.25) is 0 Å². The van der Waals surface area contributed by atoms with Crippen molar-refractivity contribution >= 4 is 11.9 Å². The number of carbonyl (C=O) groups excluding carboxylic acids is 2. The van der Waals surface area contributed by atoms with Crippen molar-refractivity contribution in [2.75, 3.05) is 0 Å². The molecule has 0 heterocycles. The van der Waals surface area contributed by atoms with Crippen LogP contribution in [-0.4, -0.2) is 18.0 Å². The number of rotatable bonds is 3. The number of primary amides is 1. The van der Waals surface area contributed by atoms with Gasteiger partial charge in [-0.05, 0) is 12.3 Å². The monoisotopic (exact) mass is 173 g/mol. The highest BCUT2D eigenvalue weighted by Crippen LogP contribution is 2.01. The SMILES string of the molecule is CC(C)CC(N)C(=O)NC(N)=O. The molecule has 0 aromatic heterocycles.